The standard InChI is InChI=1S/C8H14N4O/c1-5-3-4-11-12(5)6(2)7(9)8(10)13/h3-4,6-7H,9H2,1-2H3,(H2,10,13). The van der Waals surface area contributed by atoms with Gasteiger partial charge in [0, 0.05) is 11.9 Å². The first-order chi connectivity index (χ1) is 6.04. The predicted molar refractivity (Wildman–Crippen MR) is 48.8 cm³/mol. The Morgan fingerprint density at radius 2 is 2.31 bits per heavy atom. The molecule has 0 radical (unpaired) electrons. The molecule has 2 atom stereocenters. The molecule has 0 aromatic carbocycles. The van der Waals surface area contributed by atoms with E-state index in [2.05, 4.69) is 5.10 Å². The average molecular weight is 182 g/mol. The summed E-state index contributed by atoms with van der Waals surface area (Å²) in [4.78, 5) is 10.8. The SMILES string of the molecule is Cc1ccnn1C(C)C(N)C(N)=O. The molecule has 0 spiro atoms. The molecular weight excluding hydrogens is 168 g/mol. The molecule has 0 saturated carbocycles. The molecule has 0 fully saturated rings. The van der Waals surface area contributed by atoms with Crippen LogP contribution in [0.3, 0.4) is 0 Å². The fraction of sp³-hybridized carbons (Fsp3) is 0.500. The number of hydrogen-bond acceptors (Lipinski definition) is 3. The highest BCUT2D eigenvalue weighted by Gasteiger charge is 2.20. The van der Waals surface area contributed by atoms with E-state index in [4.69, 9.17) is 11.5 Å². The second-order valence-electron chi connectivity index (χ2n) is 3.09. The first-order valence-corrected chi connectivity index (χ1v) is 4.09. The van der Waals surface area contributed by atoms with Crippen LogP contribution >= 0.6 is 0 Å². The Hall–Kier alpha value is -1.36. The molecule has 5 heteroatoms. The zero-order valence-corrected chi connectivity index (χ0v) is 7.77. The maximum Gasteiger partial charge on any atom is 0.236 e. The monoisotopic (exact) mass is 182 g/mol. The molecular formula is C8H14N4O. The molecule has 1 amide bonds. The van der Waals surface area contributed by atoms with E-state index in [0.717, 1.165) is 5.69 Å². The Balaban J connectivity index is 2.85. The molecule has 0 aliphatic carbocycles. The van der Waals surface area contributed by atoms with Crippen molar-refractivity contribution in [3.63, 3.8) is 0 Å². The van der Waals surface area contributed by atoms with Crippen LogP contribution in [0.4, 0.5) is 0 Å². The first-order valence-electron chi connectivity index (χ1n) is 4.09. The maximum atomic E-state index is 10.8. The van der Waals surface area contributed by atoms with Gasteiger partial charge in [-0.15, -0.1) is 0 Å². The lowest BCUT2D eigenvalue weighted by molar-refractivity contribution is -0.120. The average Bonchev–Trinajstić information content (AvgIpc) is 2.48. The van der Waals surface area contributed by atoms with Crippen molar-refractivity contribution in [2.45, 2.75) is 25.9 Å². The van der Waals surface area contributed by atoms with Crippen LogP contribution in [0.15, 0.2) is 12.3 Å². The van der Waals surface area contributed by atoms with Crippen LogP contribution in [0.25, 0.3) is 0 Å². The highest BCUT2D eigenvalue weighted by Crippen LogP contribution is 2.10. The van der Waals surface area contributed by atoms with Gasteiger partial charge in [0.2, 0.25) is 5.91 Å². The smallest absolute Gasteiger partial charge is 0.236 e. The molecule has 0 saturated heterocycles. The molecule has 0 bridgehead atoms. The van der Waals surface area contributed by atoms with Crippen molar-refractivity contribution < 1.29 is 4.79 Å². The van der Waals surface area contributed by atoms with Crippen LogP contribution < -0.4 is 11.5 Å². The lowest BCUT2D eigenvalue weighted by atomic mass is 10.1. The Bertz CT molecular complexity index is 307. The molecule has 1 rings (SSSR count). The number of aromatic nitrogens is 2. The van der Waals surface area contributed by atoms with E-state index in [0.29, 0.717) is 0 Å². The molecule has 0 aliphatic rings. The van der Waals surface area contributed by atoms with Gasteiger partial charge in [-0.1, -0.05) is 0 Å². The van der Waals surface area contributed by atoms with Crippen molar-refractivity contribution in [2.75, 3.05) is 0 Å². The minimum absolute atomic E-state index is 0.201. The summed E-state index contributed by atoms with van der Waals surface area (Å²) in [6.07, 6.45) is 1.67. The minimum Gasteiger partial charge on any atom is -0.368 e. The van der Waals surface area contributed by atoms with Crippen LogP contribution in [0.1, 0.15) is 18.7 Å². The van der Waals surface area contributed by atoms with E-state index in [1.807, 2.05) is 19.9 Å². The van der Waals surface area contributed by atoms with Gasteiger partial charge < -0.3 is 11.5 Å². The lowest BCUT2D eigenvalue weighted by Gasteiger charge is -2.18. The molecule has 0 aliphatic heterocycles. The zero-order chi connectivity index (χ0) is 10.0. The fourth-order valence-electron chi connectivity index (χ4n) is 1.20. The highest BCUT2D eigenvalue weighted by molar-refractivity contribution is 5.80. The van der Waals surface area contributed by atoms with Gasteiger partial charge in [0.25, 0.3) is 0 Å². The predicted octanol–water partition coefficient (Wildman–Crippen LogP) is -0.435. The number of nitrogens with zero attached hydrogens (tertiary/aromatic N) is 2. The van der Waals surface area contributed by atoms with Crippen LogP contribution in [-0.4, -0.2) is 21.7 Å². The van der Waals surface area contributed by atoms with E-state index in [9.17, 15) is 4.79 Å². The van der Waals surface area contributed by atoms with E-state index in [1.165, 1.54) is 0 Å². The Labute approximate surface area is 76.7 Å². The van der Waals surface area contributed by atoms with E-state index < -0.39 is 11.9 Å². The second-order valence-corrected chi connectivity index (χ2v) is 3.09. The van der Waals surface area contributed by atoms with Crippen molar-refractivity contribution in [1.29, 1.82) is 0 Å². The molecule has 2 unspecified atom stereocenters. The van der Waals surface area contributed by atoms with Gasteiger partial charge in [0.15, 0.2) is 0 Å². The maximum absolute atomic E-state index is 10.8. The third kappa shape index (κ3) is 1.86. The van der Waals surface area contributed by atoms with Gasteiger partial charge in [0.1, 0.15) is 6.04 Å². The quantitative estimate of drug-likeness (QED) is 0.664. The first kappa shape index (κ1) is 9.73. The summed E-state index contributed by atoms with van der Waals surface area (Å²) in [6.45, 7) is 3.71. The summed E-state index contributed by atoms with van der Waals surface area (Å²) in [5.74, 6) is -0.512. The summed E-state index contributed by atoms with van der Waals surface area (Å²) in [7, 11) is 0. The van der Waals surface area contributed by atoms with Gasteiger partial charge in [-0.05, 0) is 19.9 Å². The highest BCUT2D eigenvalue weighted by atomic mass is 16.1. The van der Waals surface area contributed by atoms with E-state index >= 15 is 0 Å². The largest absolute Gasteiger partial charge is 0.368 e. The normalized spacial score (nSPS) is 15.3. The molecule has 72 valence electrons. The number of hydrogen-bond donors (Lipinski definition) is 2. The summed E-state index contributed by atoms with van der Waals surface area (Å²) >= 11 is 0. The number of nitrogens with two attached hydrogens (primary N) is 2. The molecule has 13 heavy (non-hydrogen) atoms. The molecule has 1 aromatic rings. The van der Waals surface area contributed by atoms with Gasteiger partial charge in [-0.2, -0.15) is 5.10 Å². The third-order valence-corrected chi connectivity index (χ3v) is 2.10. The third-order valence-electron chi connectivity index (χ3n) is 2.10. The van der Waals surface area contributed by atoms with Gasteiger partial charge in [-0.3, -0.25) is 9.48 Å². The topological polar surface area (TPSA) is 86.9 Å². The number of rotatable bonds is 3. The number of carbonyl (C=O) groups is 1. The summed E-state index contributed by atoms with van der Waals surface area (Å²) in [6, 6.07) is 0.954. The van der Waals surface area contributed by atoms with Gasteiger partial charge in [-0.25, -0.2) is 0 Å². The summed E-state index contributed by atoms with van der Waals surface area (Å²) < 4.78 is 1.69. The molecule has 5 nitrogen and oxygen atoms in total. The summed E-state index contributed by atoms with van der Waals surface area (Å²) in [5.41, 5.74) is 11.6. The number of primary amides is 1. The van der Waals surface area contributed by atoms with Crippen LogP contribution in [-0.2, 0) is 4.79 Å². The Kier molecular flexibility index (Phi) is 2.67. The Morgan fingerprint density at radius 3 is 2.69 bits per heavy atom. The summed E-state index contributed by atoms with van der Waals surface area (Å²) in [5, 5.41) is 4.05. The van der Waals surface area contributed by atoms with Crippen molar-refractivity contribution >= 4 is 5.91 Å². The zero-order valence-electron chi connectivity index (χ0n) is 7.77. The number of amides is 1. The lowest BCUT2D eigenvalue weighted by Crippen LogP contribution is -2.43. The van der Waals surface area contributed by atoms with E-state index in [1.54, 1.807) is 10.9 Å². The van der Waals surface area contributed by atoms with Crippen LogP contribution in [0.2, 0.25) is 0 Å². The van der Waals surface area contributed by atoms with Crippen molar-refractivity contribution in [3.05, 3.63) is 18.0 Å². The van der Waals surface area contributed by atoms with Crippen LogP contribution in [0.5, 0.6) is 0 Å². The minimum atomic E-state index is -0.696. The number of aryl methyl sites for hydroxylation is 1. The molecule has 4 N–H and O–H groups in total. The second kappa shape index (κ2) is 3.57. The fourth-order valence-corrected chi connectivity index (χ4v) is 1.20. The van der Waals surface area contributed by atoms with E-state index in [-0.39, 0.29) is 6.04 Å². The van der Waals surface area contributed by atoms with Crippen molar-refractivity contribution in [3.8, 4) is 0 Å². The van der Waals surface area contributed by atoms with Crippen molar-refractivity contribution in [1.82, 2.24) is 9.78 Å². The van der Waals surface area contributed by atoms with Gasteiger partial charge in [0.05, 0.1) is 6.04 Å². The Morgan fingerprint density at radius 1 is 1.69 bits per heavy atom. The van der Waals surface area contributed by atoms with Crippen LogP contribution in [0, 0.1) is 6.92 Å². The number of carbonyl (C=O) groups excluding carboxylic acids is 1. The van der Waals surface area contributed by atoms with Crippen molar-refractivity contribution in [2.24, 2.45) is 11.5 Å². The molecule has 1 heterocycles. The molecule has 1 aromatic heterocycles. The van der Waals surface area contributed by atoms with Gasteiger partial charge >= 0.3 is 0 Å².